The number of aryl methyl sites for hydroxylation is 1. The van der Waals surface area contributed by atoms with Crippen LogP contribution >= 0.6 is 0 Å². The van der Waals surface area contributed by atoms with Crippen LogP contribution in [0, 0.1) is 18.6 Å². The molecule has 5 heteroatoms. The van der Waals surface area contributed by atoms with E-state index in [1.807, 2.05) is 10.8 Å². The van der Waals surface area contributed by atoms with Gasteiger partial charge in [0.1, 0.15) is 5.82 Å². The van der Waals surface area contributed by atoms with E-state index >= 15 is 0 Å². The fraction of sp³-hybridized carbons (Fsp3) is 0.400. The summed E-state index contributed by atoms with van der Waals surface area (Å²) in [6, 6.07) is 3.40. The van der Waals surface area contributed by atoms with E-state index in [1.54, 1.807) is 25.3 Å². The Kier molecular flexibility index (Phi) is 3.53. The van der Waals surface area contributed by atoms with Crippen LogP contribution in [0.2, 0.25) is 0 Å². The number of aromatic nitrogens is 2. The quantitative estimate of drug-likeness (QED) is 0.840. The van der Waals surface area contributed by atoms with Gasteiger partial charge in [-0.2, -0.15) is 0 Å². The first kappa shape index (κ1) is 13.2. The summed E-state index contributed by atoms with van der Waals surface area (Å²) in [5.74, 6) is -1.15. The second kappa shape index (κ2) is 5.32. The molecular formula is C15H16F2N2O. The summed E-state index contributed by atoms with van der Waals surface area (Å²) in [5.41, 5.74) is 0.514. The van der Waals surface area contributed by atoms with E-state index < -0.39 is 11.6 Å². The summed E-state index contributed by atoms with van der Waals surface area (Å²) in [5, 5.41) is 0. The zero-order valence-electron chi connectivity index (χ0n) is 11.3. The van der Waals surface area contributed by atoms with Crippen LogP contribution in [0.25, 0.3) is 11.4 Å². The highest BCUT2D eigenvalue weighted by molar-refractivity contribution is 5.57. The van der Waals surface area contributed by atoms with E-state index in [2.05, 4.69) is 4.98 Å². The van der Waals surface area contributed by atoms with Gasteiger partial charge in [0.25, 0.3) is 0 Å². The summed E-state index contributed by atoms with van der Waals surface area (Å²) >= 11 is 0. The molecule has 0 N–H and O–H groups in total. The van der Waals surface area contributed by atoms with Gasteiger partial charge < -0.3 is 9.30 Å². The predicted molar refractivity (Wildman–Crippen MR) is 71.4 cm³/mol. The molecular weight excluding hydrogens is 262 g/mol. The number of hydrogen-bond donors (Lipinski definition) is 0. The molecule has 1 saturated heterocycles. The van der Waals surface area contributed by atoms with E-state index in [4.69, 9.17) is 4.74 Å². The summed E-state index contributed by atoms with van der Waals surface area (Å²) in [6.07, 6.45) is 5.17. The van der Waals surface area contributed by atoms with E-state index in [1.165, 1.54) is 0 Å². The van der Waals surface area contributed by atoms with Gasteiger partial charge in [-0.05, 0) is 31.4 Å². The highest BCUT2D eigenvalue weighted by Gasteiger charge is 2.22. The van der Waals surface area contributed by atoms with E-state index in [9.17, 15) is 8.78 Å². The number of imidazole rings is 1. The Morgan fingerprint density at radius 1 is 1.20 bits per heavy atom. The van der Waals surface area contributed by atoms with Gasteiger partial charge in [-0.1, -0.05) is 6.07 Å². The Labute approximate surface area is 116 Å². The third-order valence-corrected chi connectivity index (χ3v) is 3.77. The molecule has 3 rings (SSSR count). The van der Waals surface area contributed by atoms with Crippen molar-refractivity contribution >= 4 is 0 Å². The van der Waals surface area contributed by atoms with Gasteiger partial charge in [0, 0.05) is 31.6 Å². The molecule has 0 spiro atoms. The first-order valence-electron chi connectivity index (χ1n) is 6.74. The Morgan fingerprint density at radius 2 is 1.95 bits per heavy atom. The first-order valence-corrected chi connectivity index (χ1v) is 6.74. The lowest BCUT2D eigenvalue weighted by molar-refractivity contribution is 0.0700. The molecule has 0 unspecified atom stereocenters. The Morgan fingerprint density at radius 3 is 2.70 bits per heavy atom. The fourth-order valence-corrected chi connectivity index (χ4v) is 2.60. The van der Waals surface area contributed by atoms with Gasteiger partial charge in [-0.25, -0.2) is 13.8 Å². The van der Waals surface area contributed by atoms with Gasteiger partial charge in [-0.15, -0.1) is 0 Å². The molecule has 20 heavy (non-hydrogen) atoms. The molecule has 3 nitrogen and oxygen atoms in total. The number of benzene rings is 1. The van der Waals surface area contributed by atoms with E-state index in [-0.39, 0.29) is 11.6 Å². The van der Waals surface area contributed by atoms with Gasteiger partial charge in [0.05, 0.1) is 5.56 Å². The SMILES string of the molecule is Cc1ccc(-c2nccn2C2CCOCC2)c(F)c1F. The zero-order chi connectivity index (χ0) is 14.1. The molecule has 2 aromatic rings. The Balaban J connectivity index is 2.03. The number of ether oxygens (including phenoxy) is 1. The molecule has 1 aliphatic heterocycles. The maximum absolute atomic E-state index is 14.1. The topological polar surface area (TPSA) is 27.1 Å². The molecule has 1 aromatic carbocycles. The molecule has 0 saturated carbocycles. The zero-order valence-corrected chi connectivity index (χ0v) is 11.3. The minimum atomic E-state index is -0.829. The van der Waals surface area contributed by atoms with Gasteiger partial charge in [-0.3, -0.25) is 0 Å². The molecule has 0 amide bonds. The van der Waals surface area contributed by atoms with Crippen molar-refractivity contribution in [1.82, 2.24) is 9.55 Å². The lowest BCUT2D eigenvalue weighted by Gasteiger charge is -2.25. The third kappa shape index (κ3) is 2.22. The third-order valence-electron chi connectivity index (χ3n) is 3.77. The number of nitrogens with zero attached hydrogens (tertiary/aromatic N) is 2. The normalized spacial score (nSPS) is 16.6. The maximum atomic E-state index is 14.1. The van der Waals surface area contributed by atoms with Crippen molar-refractivity contribution in [3.05, 3.63) is 41.7 Å². The molecule has 1 aliphatic rings. The predicted octanol–water partition coefficient (Wildman–Crippen LogP) is 3.49. The van der Waals surface area contributed by atoms with Crippen LogP contribution in [0.5, 0.6) is 0 Å². The highest BCUT2D eigenvalue weighted by atomic mass is 19.2. The van der Waals surface area contributed by atoms with Gasteiger partial charge in [0.15, 0.2) is 11.6 Å². The molecule has 0 atom stereocenters. The summed E-state index contributed by atoms with van der Waals surface area (Å²) in [6.45, 7) is 2.92. The molecule has 2 heterocycles. The van der Waals surface area contributed by atoms with Crippen LogP contribution in [0.1, 0.15) is 24.4 Å². The van der Waals surface area contributed by atoms with Crippen molar-refractivity contribution in [2.24, 2.45) is 0 Å². The lowest BCUT2D eigenvalue weighted by Crippen LogP contribution is -2.20. The van der Waals surface area contributed by atoms with Crippen LogP contribution in [0.4, 0.5) is 8.78 Å². The average Bonchev–Trinajstić information content (AvgIpc) is 2.95. The molecule has 1 aromatic heterocycles. The molecule has 0 aliphatic carbocycles. The van der Waals surface area contributed by atoms with Gasteiger partial charge >= 0.3 is 0 Å². The van der Waals surface area contributed by atoms with Crippen molar-refractivity contribution < 1.29 is 13.5 Å². The van der Waals surface area contributed by atoms with Crippen molar-refractivity contribution in [3.8, 4) is 11.4 Å². The first-order chi connectivity index (χ1) is 9.68. The number of rotatable bonds is 2. The summed E-state index contributed by atoms with van der Waals surface area (Å²) in [7, 11) is 0. The fourth-order valence-electron chi connectivity index (χ4n) is 2.60. The molecule has 0 bridgehead atoms. The van der Waals surface area contributed by atoms with Crippen LogP contribution in [-0.2, 0) is 4.74 Å². The minimum Gasteiger partial charge on any atom is -0.381 e. The van der Waals surface area contributed by atoms with Crippen LogP contribution in [0.15, 0.2) is 24.5 Å². The van der Waals surface area contributed by atoms with Gasteiger partial charge in [0.2, 0.25) is 0 Å². The Hall–Kier alpha value is -1.75. The standard InChI is InChI=1S/C15H16F2N2O/c1-10-2-3-12(14(17)13(10)16)15-18-6-7-19(15)11-4-8-20-9-5-11/h2-3,6-7,11H,4-5,8-9H2,1H3. The monoisotopic (exact) mass is 278 g/mol. The summed E-state index contributed by atoms with van der Waals surface area (Å²) < 4.78 is 35.1. The van der Waals surface area contributed by atoms with Crippen molar-refractivity contribution in [3.63, 3.8) is 0 Å². The van der Waals surface area contributed by atoms with Crippen LogP contribution < -0.4 is 0 Å². The Bertz CT molecular complexity index is 618. The van der Waals surface area contributed by atoms with Crippen molar-refractivity contribution in [2.75, 3.05) is 13.2 Å². The lowest BCUT2D eigenvalue weighted by atomic mass is 10.1. The van der Waals surface area contributed by atoms with E-state index in [0.29, 0.717) is 24.6 Å². The molecule has 0 radical (unpaired) electrons. The average molecular weight is 278 g/mol. The van der Waals surface area contributed by atoms with Crippen molar-refractivity contribution in [2.45, 2.75) is 25.8 Å². The second-order valence-electron chi connectivity index (χ2n) is 5.06. The van der Waals surface area contributed by atoms with Crippen molar-refractivity contribution in [1.29, 1.82) is 0 Å². The largest absolute Gasteiger partial charge is 0.381 e. The second-order valence-corrected chi connectivity index (χ2v) is 5.06. The minimum absolute atomic E-state index is 0.213. The van der Waals surface area contributed by atoms with Crippen LogP contribution in [-0.4, -0.2) is 22.8 Å². The van der Waals surface area contributed by atoms with Crippen LogP contribution in [0.3, 0.4) is 0 Å². The molecule has 106 valence electrons. The summed E-state index contributed by atoms with van der Waals surface area (Å²) in [4.78, 5) is 4.21. The number of halogens is 2. The smallest absolute Gasteiger partial charge is 0.170 e. The maximum Gasteiger partial charge on any atom is 0.170 e. The van der Waals surface area contributed by atoms with E-state index in [0.717, 1.165) is 12.8 Å². The highest BCUT2D eigenvalue weighted by Crippen LogP contribution is 2.30. The number of hydrogen-bond acceptors (Lipinski definition) is 2. The molecule has 1 fully saturated rings.